The molecule has 0 aliphatic carbocycles. The fraction of sp³-hybridized carbons (Fsp3) is 0.143. The van der Waals surface area contributed by atoms with Crippen molar-refractivity contribution in [1.82, 2.24) is 0 Å². The smallest absolute Gasteiger partial charge is 0.404 e. The van der Waals surface area contributed by atoms with Gasteiger partial charge in [-0.2, -0.15) is 0 Å². The van der Waals surface area contributed by atoms with Crippen LogP contribution in [-0.4, -0.2) is 6.36 Å². The summed E-state index contributed by atoms with van der Waals surface area (Å²) in [5.41, 5.74) is 0. The van der Waals surface area contributed by atoms with Gasteiger partial charge in [-0.05, 0) is 28.1 Å². The predicted octanol–water partition coefficient (Wildman–Crippen LogP) is 3.91. The van der Waals surface area contributed by atoms with E-state index in [1.807, 2.05) is 0 Å². The van der Waals surface area contributed by atoms with E-state index in [2.05, 4.69) is 42.7 Å². The summed E-state index contributed by atoms with van der Waals surface area (Å²) in [5.74, 6) is -0.387. The molecule has 0 aromatic heterocycles. The molecule has 1 rings (SSSR count). The van der Waals surface area contributed by atoms with Gasteiger partial charge in [-0.3, -0.25) is 0 Å². The molecule has 0 N–H and O–H groups in total. The van der Waals surface area contributed by atoms with Gasteiger partial charge in [-0.15, -0.1) is 13.2 Å². The first-order chi connectivity index (χ1) is 5.88. The fourth-order valence-electron chi connectivity index (χ4n) is 0.622. The molecular formula is C7H2Br2F3O. The first kappa shape index (κ1) is 10.8. The standard InChI is InChI=1S/C7H2Br2F3O/c8-4-1-2-5(9)6(3-4)13-7(10,11)12/h1-2H. The van der Waals surface area contributed by atoms with Gasteiger partial charge >= 0.3 is 6.36 Å². The Balaban J connectivity index is 2.94. The number of halogens is 5. The zero-order chi connectivity index (χ0) is 10.1. The van der Waals surface area contributed by atoms with Gasteiger partial charge in [-0.1, -0.05) is 15.9 Å². The van der Waals surface area contributed by atoms with E-state index in [9.17, 15) is 13.2 Å². The van der Waals surface area contributed by atoms with Crippen LogP contribution in [0.15, 0.2) is 21.1 Å². The van der Waals surface area contributed by atoms with Gasteiger partial charge in [0.25, 0.3) is 0 Å². The molecule has 0 atom stereocenters. The van der Waals surface area contributed by atoms with Crippen LogP contribution in [0.4, 0.5) is 13.2 Å². The molecule has 0 unspecified atom stereocenters. The number of alkyl halides is 3. The average molecular weight is 319 g/mol. The third-order valence-corrected chi connectivity index (χ3v) is 2.13. The molecule has 1 radical (unpaired) electrons. The lowest BCUT2D eigenvalue weighted by atomic mass is 10.3. The van der Waals surface area contributed by atoms with Crippen LogP contribution in [0, 0.1) is 6.07 Å². The maximum absolute atomic E-state index is 11.8. The van der Waals surface area contributed by atoms with Crippen LogP contribution in [0.25, 0.3) is 0 Å². The molecule has 0 saturated carbocycles. The molecule has 0 bridgehead atoms. The lowest BCUT2D eigenvalue weighted by molar-refractivity contribution is -0.275. The third kappa shape index (κ3) is 3.56. The lowest BCUT2D eigenvalue weighted by Gasteiger charge is -2.09. The molecule has 1 aromatic carbocycles. The second-order valence-corrected chi connectivity index (χ2v) is 3.74. The summed E-state index contributed by atoms with van der Waals surface area (Å²) in [6.07, 6.45) is -4.69. The van der Waals surface area contributed by atoms with Gasteiger partial charge in [-0.25, -0.2) is 0 Å². The van der Waals surface area contributed by atoms with Gasteiger partial charge in [0.05, 0.1) is 4.47 Å². The van der Waals surface area contributed by atoms with E-state index >= 15 is 0 Å². The molecule has 71 valence electrons. The number of hydrogen-bond acceptors (Lipinski definition) is 1. The number of hydrogen-bond donors (Lipinski definition) is 0. The Hall–Kier alpha value is -0.230. The maximum Gasteiger partial charge on any atom is 0.573 e. The highest BCUT2D eigenvalue weighted by Gasteiger charge is 2.32. The second-order valence-electron chi connectivity index (χ2n) is 2.03. The average Bonchev–Trinajstić information content (AvgIpc) is 1.94. The van der Waals surface area contributed by atoms with E-state index in [1.165, 1.54) is 6.07 Å². The van der Waals surface area contributed by atoms with Crippen LogP contribution in [-0.2, 0) is 0 Å². The molecule has 0 heterocycles. The minimum atomic E-state index is -4.69. The monoisotopic (exact) mass is 317 g/mol. The van der Waals surface area contributed by atoms with Crippen LogP contribution in [0.2, 0.25) is 0 Å². The Morgan fingerprint density at radius 2 is 1.85 bits per heavy atom. The summed E-state index contributed by atoms with van der Waals surface area (Å²) >= 11 is 5.89. The van der Waals surface area contributed by atoms with E-state index in [0.717, 1.165) is 0 Å². The van der Waals surface area contributed by atoms with E-state index in [4.69, 9.17) is 0 Å². The Kier molecular flexibility index (Phi) is 3.23. The molecule has 0 aliphatic rings. The first-order valence-electron chi connectivity index (χ1n) is 3.01. The van der Waals surface area contributed by atoms with Crippen LogP contribution >= 0.6 is 31.9 Å². The van der Waals surface area contributed by atoms with Crippen molar-refractivity contribution in [3.63, 3.8) is 0 Å². The Bertz CT molecular complexity index is 311. The molecular weight excluding hydrogens is 317 g/mol. The zero-order valence-electron chi connectivity index (χ0n) is 5.95. The van der Waals surface area contributed by atoms with Crippen molar-refractivity contribution in [3.05, 3.63) is 27.1 Å². The van der Waals surface area contributed by atoms with Crippen molar-refractivity contribution < 1.29 is 17.9 Å². The van der Waals surface area contributed by atoms with Crippen LogP contribution < -0.4 is 4.74 Å². The van der Waals surface area contributed by atoms with Crippen molar-refractivity contribution in [1.29, 1.82) is 0 Å². The lowest BCUT2D eigenvalue weighted by Crippen LogP contribution is -2.17. The summed E-state index contributed by atoms with van der Waals surface area (Å²) in [5, 5.41) is 0. The van der Waals surface area contributed by atoms with Crippen molar-refractivity contribution in [2.24, 2.45) is 0 Å². The van der Waals surface area contributed by atoms with E-state index in [-0.39, 0.29) is 10.2 Å². The summed E-state index contributed by atoms with van der Waals surface area (Å²) in [4.78, 5) is 0. The summed E-state index contributed by atoms with van der Waals surface area (Å²) in [7, 11) is 0. The highest BCUT2D eigenvalue weighted by atomic mass is 79.9. The number of ether oxygens (including phenoxy) is 1. The SMILES string of the molecule is FC(F)(F)Oc1[c]c(Br)ccc1Br. The Labute approximate surface area is 89.1 Å². The Morgan fingerprint density at radius 1 is 1.23 bits per heavy atom. The maximum atomic E-state index is 11.8. The van der Waals surface area contributed by atoms with Crippen molar-refractivity contribution in [3.8, 4) is 5.75 Å². The molecule has 0 aliphatic heterocycles. The van der Waals surface area contributed by atoms with E-state index < -0.39 is 6.36 Å². The fourth-order valence-corrected chi connectivity index (χ4v) is 1.25. The van der Waals surface area contributed by atoms with Gasteiger partial charge in [0.2, 0.25) is 0 Å². The van der Waals surface area contributed by atoms with Crippen molar-refractivity contribution in [2.45, 2.75) is 6.36 Å². The topological polar surface area (TPSA) is 9.23 Å². The Morgan fingerprint density at radius 3 is 2.38 bits per heavy atom. The van der Waals surface area contributed by atoms with Gasteiger partial charge in [0, 0.05) is 10.5 Å². The zero-order valence-corrected chi connectivity index (χ0v) is 9.12. The van der Waals surface area contributed by atoms with Crippen molar-refractivity contribution in [2.75, 3.05) is 0 Å². The normalized spacial score (nSPS) is 11.5. The predicted molar refractivity (Wildman–Crippen MR) is 47.4 cm³/mol. The molecule has 0 saturated heterocycles. The molecule has 1 aromatic rings. The van der Waals surface area contributed by atoms with Crippen LogP contribution in [0.1, 0.15) is 0 Å². The number of benzene rings is 1. The first-order valence-corrected chi connectivity index (χ1v) is 4.60. The van der Waals surface area contributed by atoms with Crippen LogP contribution in [0.3, 0.4) is 0 Å². The summed E-state index contributed by atoms with van der Waals surface area (Å²) in [6.45, 7) is 0. The molecule has 0 spiro atoms. The van der Waals surface area contributed by atoms with Gasteiger partial charge < -0.3 is 4.74 Å². The van der Waals surface area contributed by atoms with E-state index in [1.54, 1.807) is 6.07 Å². The highest BCUT2D eigenvalue weighted by Crippen LogP contribution is 2.31. The molecule has 6 heteroatoms. The molecule has 0 fully saturated rings. The minimum absolute atomic E-state index is 0.202. The highest BCUT2D eigenvalue weighted by molar-refractivity contribution is 9.11. The molecule has 1 nitrogen and oxygen atoms in total. The summed E-state index contributed by atoms with van der Waals surface area (Å²) < 4.78 is 39.6. The summed E-state index contributed by atoms with van der Waals surface area (Å²) in [6, 6.07) is 5.34. The van der Waals surface area contributed by atoms with Gasteiger partial charge in [0.1, 0.15) is 0 Å². The molecule has 0 amide bonds. The largest absolute Gasteiger partial charge is 0.573 e. The quantitative estimate of drug-likeness (QED) is 0.763. The third-order valence-electron chi connectivity index (χ3n) is 1.04. The molecule has 13 heavy (non-hydrogen) atoms. The minimum Gasteiger partial charge on any atom is -0.404 e. The van der Waals surface area contributed by atoms with Crippen LogP contribution in [0.5, 0.6) is 5.75 Å². The van der Waals surface area contributed by atoms with Gasteiger partial charge in [0.15, 0.2) is 5.75 Å². The number of rotatable bonds is 1. The van der Waals surface area contributed by atoms with E-state index in [0.29, 0.717) is 4.47 Å². The second kappa shape index (κ2) is 3.88. The van der Waals surface area contributed by atoms with Crippen molar-refractivity contribution >= 4 is 31.9 Å².